The van der Waals surface area contributed by atoms with Crippen LogP contribution in [0, 0.1) is 0 Å². The molecule has 1 fully saturated rings. The Morgan fingerprint density at radius 3 is 2.34 bits per heavy atom. The van der Waals surface area contributed by atoms with Crippen molar-refractivity contribution in [2.24, 2.45) is 5.73 Å². The molecule has 0 bridgehead atoms. The minimum Gasteiger partial charge on any atom is -0.493 e. The first-order chi connectivity index (χ1) is 15.1. The topological polar surface area (TPSA) is 151 Å². The van der Waals surface area contributed by atoms with E-state index in [9.17, 15) is 24.3 Å². The highest BCUT2D eigenvalue weighted by Crippen LogP contribution is 2.39. The zero-order valence-corrected chi connectivity index (χ0v) is 17.6. The van der Waals surface area contributed by atoms with Gasteiger partial charge in [-0.3, -0.25) is 19.4 Å². The second-order valence-electron chi connectivity index (χ2n) is 6.99. The van der Waals surface area contributed by atoms with Gasteiger partial charge < -0.3 is 25.6 Å². The van der Waals surface area contributed by atoms with E-state index in [1.165, 1.54) is 39.3 Å². The molecule has 4 amide bonds. The van der Waals surface area contributed by atoms with E-state index in [4.69, 9.17) is 15.2 Å². The fourth-order valence-electron chi connectivity index (χ4n) is 3.63. The lowest BCUT2D eigenvalue weighted by Crippen LogP contribution is -2.76. The first-order valence-corrected chi connectivity index (χ1v) is 9.43. The standard InChI is InChI=1S/C21H22N4O7/c1-12(26)32-15-10-9-13(11-16(15)31-3)21(23-19(28)29)17(22)25(14-7-5-4-6-8-14)20(30)24(2)18(21)27/h4-11,17,23H,22H2,1-3H3,(H,28,29). The van der Waals surface area contributed by atoms with Crippen molar-refractivity contribution < 1.29 is 33.8 Å². The van der Waals surface area contributed by atoms with Gasteiger partial charge >= 0.3 is 18.1 Å². The van der Waals surface area contributed by atoms with E-state index < -0.39 is 35.7 Å². The number of likely N-dealkylation sites (N-methyl/N-ethyl adjacent to an activating group) is 1. The molecule has 1 saturated heterocycles. The molecule has 2 unspecified atom stereocenters. The van der Waals surface area contributed by atoms with E-state index in [1.807, 2.05) is 0 Å². The number of para-hydroxylation sites is 1. The lowest BCUT2D eigenvalue weighted by atomic mass is 9.82. The van der Waals surface area contributed by atoms with Crippen LogP contribution in [0.5, 0.6) is 11.5 Å². The van der Waals surface area contributed by atoms with Gasteiger partial charge in [-0.15, -0.1) is 0 Å². The van der Waals surface area contributed by atoms with Gasteiger partial charge in [0.2, 0.25) is 0 Å². The first kappa shape index (κ1) is 22.6. The van der Waals surface area contributed by atoms with Crippen LogP contribution < -0.4 is 25.4 Å². The molecular formula is C21H22N4O7. The number of rotatable bonds is 5. The fourth-order valence-corrected chi connectivity index (χ4v) is 3.63. The summed E-state index contributed by atoms with van der Waals surface area (Å²) in [6.07, 6.45) is -2.99. The molecule has 11 heteroatoms. The molecule has 1 aliphatic rings. The first-order valence-electron chi connectivity index (χ1n) is 9.43. The molecule has 0 aromatic heterocycles. The molecule has 1 heterocycles. The maximum Gasteiger partial charge on any atom is 0.405 e. The van der Waals surface area contributed by atoms with Crippen LogP contribution in [0.25, 0.3) is 0 Å². The average molecular weight is 442 g/mol. The number of nitrogens with zero attached hydrogens (tertiary/aromatic N) is 2. The monoisotopic (exact) mass is 442 g/mol. The second-order valence-corrected chi connectivity index (χ2v) is 6.99. The number of nitrogens with two attached hydrogens (primary N) is 1. The zero-order valence-electron chi connectivity index (χ0n) is 17.6. The Balaban J connectivity index is 2.24. The normalized spacial score (nSPS) is 20.7. The summed E-state index contributed by atoms with van der Waals surface area (Å²) in [6, 6.07) is 11.6. The SMILES string of the molecule is COc1cc(C2(NC(=O)O)C(=O)N(C)C(=O)N(c3ccccc3)C2N)ccc1OC(C)=O. The molecule has 2 aromatic rings. The maximum atomic E-state index is 13.4. The minimum absolute atomic E-state index is 0.0649. The Morgan fingerprint density at radius 2 is 1.78 bits per heavy atom. The van der Waals surface area contributed by atoms with Gasteiger partial charge in [0.25, 0.3) is 5.91 Å². The number of amides is 4. The van der Waals surface area contributed by atoms with Crippen molar-refractivity contribution in [2.75, 3.05) is 19.1 Å². The minimum atomic E-state index is -2.09. The van der Waals surface area contributed by atoms with Crippen molar-refractivity contribution in [3.05, 3.63) is 54.1 Å². The Hall–Kier alpha value is -4.12. The molecule has 168 valence electrons. The van der Waals surface area contributed by atoms with Crippen molar-refractivity contribution in [2.45, 2.75) is 18.6 Å². The molecule has 2 atom stereocenters. The van der Waals surface area contributed by atoms with E-state index in [-0.39, 0.29) is 17.1 Å². The van der Waals surface area contributed by atoms with Crippen LogP contribution in [0.1, 0.15) is 12.5 Å². The summed E-state index contributed by atoms with van der Waals surface area (Å²) < 4.78 is 10.3. The van der Waals surface area contributed by atoms with E-state index in [2.05, 4.69) is 5.32 Å². The third-order valence-electron chi connectivity index (χ3n) is 5.07. The van der Waals surface area contributed by atoms with Crippen molar-refractivity contribution in [3.8, 4) is 11.5 Å². The number of carbonyl (C=O) groups is 4. The highest BCUT2D eigenvalue weighted by molar-refractivity contribution is 6.11. The average Bonchev–Trinajstić information content (AvgIpc) is 2.76. The zero-order chi connectivity index (χ0) is 23.6. The summed E-state index contributed by atoms with van der Waals surface area (Å²) in [5.74, 6) is -1.35. The van der Waals surface area contributed by atoms with Crippen LogP contribution in [0.4, 0.5) is 15.3 Å². The van der Waals surface area contributed by atoms with Crippen LogP contribution in [0.15, 0.2) is 48.5 Å². The predicted octanol–water partition coefficient (Wildman–Crippen LogP) is 1.47. The van der Waals surface area contributed by atoms with Crippen molar-refractivity contribution in [1.82, 2.24) is 10.2 Å². The molecule has 0 spiro atoms. The third-order valence-corrected chi connectivity index (χ3v) is 5.07. The Morgan fingerprint density at radius 1 is 1.12 bits per heavy atom. The molecule has 3 rings (SSSR count). The van der Waals surface area contributed by atoms with Gasteiger partial charge in [-0.1, -0.05) is 24.3 Å². The Labute approximate surface area is 183 Å². The van der Waals surface area contributed by atoms with Crippen LogP contribution in [0.2, 0.25) is 0 Å². The number of carbonyl (C=O) groups excluding carboxylic acids is 3. The smallest absolute Gasteiger partial charge is 0.405 e. The summed E-state index contributed by atoms with van der Waals surface area (Å²) in [6.45, 7) is 1.21. The summed E-state index contributed by atoms with van der Waals surface area (Å²) in [5.41, 5.74) is 4.79. The van der Waals surface area contributed by atoms with Crippen LogP contribution in [0.3, 0.4) is 0 Å². The van der Waals surface area contributed by atoms with Gasteiger partial charge in [0, 0.05) is 19.7 Å². The number of benzene rings is 2. The molecule has 4 N–H and O–H groups in total. The van der Waals surface area contributed by atoms with Gasteiger partial charge in [-0.2, -0.15) is 0 Å². The summed E-state index contributed by atoms with van der Waals surface area (Å²) in [7, 11) is 2.55. The summed E-state index contributed by atoms with van der Waals surface area (Å²) >= 11 is 0. The van der Waals surface area contributed by atoms with Crippen molar-refractivity contribution in [3.63, 3.8) is 0 Å². The highest BCUT2D eigenvalue weighted by Gasteiger charge is 2.58. The number of urea groups is 1. The lowest BCUT2D eigenvalue weighted by molar-refractivity contribution is -0.137. The van der Waals surface area contributed by atoms with Crippen molar-refractivity contribution >= 4 is 29.7 Å². The van der Waals surface area contributed by atoms with Gasteiger partial charge in [-0.25, -0.2) is 9.59 Å². The number of methoxy groups -OCH3 is 1. The number of ether oxygens (including phenoxy) is 2. The number of anilines is 1. The summed E-state index contributed by atoms with van der Waals surface area (Å²) in [4.78, 5) is 51.4. The number of hydrogen-bond donors (Lipinski definition) is 3. The van der Waals surface area contributed by atoms with E-state index in [1.54, 1.807) is 30.3 Å². The van der Waals surface area contributed by atoms with E-state index >= 15 is 0 Å². The Bertz CT molecular complexity index is 1080. The lowest BCUT2D eigenvalue weighted by Gasteiger charge is -2.49. The molecule has 32 heavy (non-hydrogen) atoms. The van der Waals surface area contributed by atoms with Gasteiger partial charge in [0.15, 0.2) is 17.0 Å². The van der Waals surface area contributed by atoms with Crippen LogP contribution >= 0.6 is 0 Å². The summed E-state index contributed by atoms with van der Waals surface area (Å²) in [5, 5.41) is 11.8. The number of imide groups is 1. The quantitative estimate of drug-likeness (QED) is 0.465. The number of esters is 1. The Kier molecular flexibility index (Phi) is 6.03. The largest absolute Gasteiger partial charge is 0.493 e. The molecule has 1 aliphatic heterocycles. The third kappa shape index (κ3) is 3.69. The molecular weight excluding hydrogens is 420 g/mol. The van der Waals surface area contributed by atoms with E-state index in [0.717, 1.165) is 9.80 Å². The van der Waals surface area contributed by atoms with Gasteiger partial charge in [0.1, 0.15) is 6.17 Å². The number of carboxylic acid groups (broad SMARTS) is 1. The van der Waals surface area contributed by atoms with Crippen molar-refractivity contribution in [1.29, 1.82) is 0 Å². The second kappa shape index (κ2) is 8.55. The number of nitrogens with one attached hydrogen (secondary N) is 1. The number of hydrogen-bond acceptors (Lipinski definition) is 7. The molecule has 0 radical (unpaired) electrons. The molecule has 2 aromatic carbocycles. The van der Waals surface area contributed by atoms with Crippen LogP contribution in [-0.2, 0) is 15.1 Å². The molecule has 0 saturated carbocycles. The van der Waals surface area contributed by atoms with Crippen LogP contribution in [-0.4, -0.2) is 54.3 Å². The van der Waals surface area contributed by atoms with Gasteiger partial charge in [0.05, 0.1) is 7.11 Å². The van der Waals surface area contributed by atoms with E-state index in [0.29, 0.717) is 5.69 Å². The molecule has 11 nitrogen and oxygen atoms in total. The molecule has 0 aliphatic carbocycles. The fraction of sp³-hybridized carbons (Fsp3) is 0.238. The maximum absolute atomic E-state index is 13.4. The predicted molar refractivity (Wildman–Crippen MR) is 112 cm³/mol. The highest BCUT2D eigenvalue weighted by atomic mass is 16.6. The van der Waals surface area contributed by atoms with Gasteiger partial charge in [-0.05, 0) is 29.8 Å².